The third-order valence-corrected chi connectivity index (χ3v) is 5.27. The topological polar surface area (TPSA) is 138 Å². The molecular weight excluding hydrogens is 406 g/mol. The van der Waals surface area contributed by atoms with Gasteiger partial charge in [-0.3, -0.25) is 4.79 Å². The lowest BCUT2D eigenvalue weighted by atomic mass is 10.3. The van der Waals surface area contributed by atoms with Crippen LogP contribution in [0, 0.1) is 0 Å². The van der Waals surface area contributed by atoms with Gasteiger partial charge in [-0.1, -0.05) is 6.07 Å². The molecule has 0 spiro atoms. The maximum atomic E-state index is 12.3. The first kappa shape index (κ1) is 21.1. The van der Waals surface area contributed by atoms with Crippen molar-refractivity contribution in [2.24, 2.45) is 0 Å². The second kappa shape index (κ2) is 9.76. The molecule has 4 N–H and O–H groups in total. The molecule has 0 bridgehead atoms. The summed E-state index contributed by atoms with van der Waals surface area (Å²) in [6.45, 7) is 1.87. The molecule has 2 aromatic heterocycles. The number of hydrogen-bond acceptors (Lipinski definition) is 8. The molecule has 3 aromatic rings. The number of rotatable bonds is 9. The van der Waals surface area contributed by atoms with E-state index in [0.29, 0.717) is 29.7 Å². The van der Waals surface area contributed by atoms with Crippen LogP contribution < -0.4 is 20.7 Å². The van der Waals surface area contributed by atoms with Crippen molar-refractivity contribution in [2.75, 3.05) is 29.0 Å². The number of anilines is 4. The number of sulfonamides is 1. The van der Waals surface area contributed by atoms with E-state index in [4.69, 9.17) is 0 Å². The van der Waals surface area contributed by atoms with Gasteiger partial charge in [0.25, 0.3) is 0 Å². The number of amides is 1. The van der Waals surface area contributed by atoms with Crippen molar-refractivity contribution in [1.82, 2.24) is 19.9 Å². The molecule has 156 valence electrons. The second-order valence-corrected chi connectivity index (χ2v) is 7.94. The number of aromatic nitrogens is 3. The molecule has 0 atom stereocenters. The van der Waals surface area contributed by atoms with Crippen molar-refractivity contribution in [3.8, 4) is 0 Å². The van der Waals surface area contributed by atoms with Gasteiger partial charge in [-0.05, 0) is 48.5 Å². The van der Waals surface area contributed by atoms with Crippen molar-refractivity contribution >= 4 is 39.1 Å². The lowest BCUT2D eigenvalue weighted by Gasteiger charge is -2.09. The summed E-state index contributed by atoms with van der Waals surface area (Å²) in [4.78, 5) is 15.3. The SMILES string of the molecule is CC(=O)Nc1ccc(S(=O)(=O)NCCNc2ccc(Nc3ccccn3)nn2)cc1. The maximum absolute atomic E-state index is 12.3. The number of nitrogens with one attached hydrogen (secondary N) is 4. The van der Waals surface area contributed by atoms with Crippen molar-refractivity contribution in [2.45, 2.75) is 11.8 Å². The van der Waals surface area contributed by atoms with E-state index >= 15 is 0 Å². The number of pyridine rings is 1. The van der Waals surface area contributed by atoms with E-state index < -0.39 is 10.0 Å². The predicted molar refractivity (Wildman–Crippen MR) is 114 cm³/mol. The minimum absolute atomic E-state index is 0.112. The fourth-order valence-electron chi connectivity index (χ4n) is 2.44. The Hall–Kier alpha value is -3.57. The number of carbonyl (C=O) groups is 1. The van der Waals surface area contributed by atoms with Gasteiger partial charge in [0.1, 0.15) is 11.6 Å². The Morgan fingerprint density at radius 2 is 1.63 bits per heavy atom. The summed E-state index contributed by atoms with van der Waals surface area (Å²) in [6, 6.07) is 14.9. The number of hydrogen-bond donors (Lipinski definition) is 4. The molecule has 0 fully saturated rings. The zero-order valence-electron chi connectivity index (χ0n) is 16.2. The molecule has 0 aliphatic carbocycles. The highest BCUT2D eigenvalue weighted by molar-refractivity contribution is 7.89. The van der Waals surface area contributed by atoms with Crippen LogP contribution in [0.5, 0.6) is 0 Å². The van der Waals surface area contributed by atoms with Crippen molar-refractivity contribution < 1.29 is 13.2 Å². The molecule has 3 rings (SSSR count). The molecule has 10 nitrogen and oxygen atoms in total. The van der Waals surface area contributed by atoms with E-state index in [1.54, 1.807) is 18.3 Å². The summed E-state index contributed by atoms with van der Waals surface area (Å²) in [6.07, 6.45) is 1.67. The summed E-state index contributed by atoms with van der Waals surface area (Å²) in [5.74, 6) is 1.49. The van der Waals surface area contributed by atoms with Crippen LogP contribution in [-0.2, 0) is 14.8 Å². The van der Waals surface area contributed by atoms with Crippen LogP contribution in [0.1, 0.15) is 6.92 Å². The average Bonchev–Trinajstić information content (AvgIpc) is 2.73. The molecule has 30 heavy (non-hydrogen) atoms. The molecule has 0 saturated carbocycles. The second-order valence-electron chi connectivity index (χ2n) is 6.17. The number of benzene rings is 1. The molecule has 0 unspecified atom stereocenters. The average molecular weight is 427 g/mol. The number of carbonyl (C=O) groups excluding carboxylic acids is 1. The van der Waals surface area contributed by atoms with Gasteiger partial charge in [-0.15, -0.1) is 10.2 Å². The van der Waals surface area contributed by atoms with E-state index in [9.17, 15) is 13.2 Å². The van der Waals surface area contributed by atoms with Crippen LogP contribution in [-0.4, -0.2) is 42.6 Å². The van der Waals surface area contributed by atoms with E-state index in [1.807, 2.05) is 18.2 Å². The van der Waals surface area contributed by atoms with Crippen molar-refractivity contribution in [3.05, 3.63) is 60.8 Å². The van der Waals surface area contributed by atoms with Gasteiger partial charge in [-0.25, -0.2) is 18.1 Å². The summed E-state index contributed by atoms with van der Waals surface area (Å²) in [7, 11) is -3.66. The van der Waals surface area contributed by atoms with Crippen LogP contribution in [0.15, 0.2) is 65.7 Å². The molecule has 1 amide bonds. The van der Waals surface area contributed by atoms with E-state index in [0.717, 1.165) is 0 Å². The fourth-order valence-corrected chi connectivity index (χ4v) is 3.47. The summed E-state index contributed by atoms with van der Waals surface area (Å²) in [5.41, 5.74) is 0.530. The molecule has 2 heterocycles. The lowest BCUT2D eigenvalue weighted by Crippen LogP contribution is -2.29. The quantitative estimate of drug-likeness (QED) is 0.380. The van der Waals surface area contributed by atoms with Crippen molar-refractivity contribution in [3.63, 3.8) is 0 Å². The van der Waals surface area contributed by atoms with E-state index in [-0.39, 0.29) is 17.3 Å². The third-order valence-electron chi connectivity index (χ3n) is 3.79. The standard InChI is InChI=1S/C19H21N7O3S/c1-14(27)23-15-5-7-16(8-6-15)30(28,29)22-13-12-21-18-9-10-19(26-25-18)24-17-4-2-3-11-20-17/h2-11,22H,12-13H2,1H3,(H,21,25)(H,23,27)(H,20,24,26). The highest BCUT2D eigenvalue weighted by Crippen LogP contribution is 2.14. The molecule has 11 heteroatoms. The van der Waals surface area contributed by atoms with Gasteiger partial charge in [0.15, 0.2) is 5.82 Å². The van der Waals surface area contributed by atoms with Crippen LogP contribution in [0.4, 0.5) is 23.1 Å². The maximum Gasteiger partial charge on any atom is 0.240 e. The van der Waals surface area contributed by atoms with Gasteiger partial charge in [-0.2, -0.15) is 0 Å². The molecule has 0 aliphatic rings. The summed E-state index contributed by atoms with van der Waals surface area (Å²) in [5, 5.41) is 16.7. The van der Waals surface area contributed by atoms with Gasteiger partial charge < -0.3 is 16.0 Å². The summed E-state index contributed by atoms with van der Waals surface area (Å²) >= 11 is 0. The van der Waals surface area contributed by atoms with Gasteiger partial charge in [0.2, 0.25) is 15.9 Å². The van der Waals surface area contributed by atoms with Crippen molar-refractivity contribution in [1.29, 1.82) is 0 Å². The first-order valence-corrected chi connectivity index (χ1v) is 10.5. The largest absolute Gasteiger partial charge is 0.367 e. The smallest absolute Gasteiger partial charge is 0.240 e. The molecular formula is C19H21N7O3S. The Labute approximate surface area is 174 Å². The molecule has 1 aromatic carbocycles. The predicted octanol–water partition coefficient (Wildman–Crippen LogP) is 1.96. The zero-order valence-corrected chi connectivity index (χ0v) is 17.0. The zero-order chi connectivity index (χ0) is 21.4. The first-order chi connectivity index (χ1) is 14.4. The molecule has 0 saturated heterocycles. The minimum Gasteiger partial charge on any atom is -0.367 e. The van der Waals surface area contributed by atoms with Crippen LogP contribution >= 0.6 is 0 Å². The summed E-state index contributed by atoms with van der Waals surface area (Å²) < 4.78 is 27.2. The monoisotopic (exact) mass is 427 g/mol. The Bertz CT molecular complexity index is 1070. The fraction of sp³-hybridized carbons (Fsp3) is 0.158. The van der Waals surface area contributed by atoms with Crippen LogP contribution in [0.2, 0.25) is 0 Å². The van der Waals surface area contributed by atoms with Crippen LogP contribution in [0.25, 0.3) is 0 Å². The Kier molecular flexibility index (Phi) is 6.88. The lowest BCUT2D eigenvalue weighted by molar-refractivity contribution is -0.114. The van der Waals surface area contributed by atoms with Crippen LogP contribution in [0.3, 0.4) is 0 Å². The van der Waals surface area contributed by atoms with Gasteiger partial charge in [0, 0.05) is 31.9 Å². The highest BCUT2D eigenvalue weighted by atomic mass is 32.2. The normalized spacial score (nSPS) is 11.0. The Morgan fingerprint density at radius 3 is 2.27 bits per heavy atom. The van der Waals surface area contributed by atoms with Gasteiger partial charge >= 0.3 is 0 Å². The Morgan fingerprint density at radius 1 is 0.900 bits per heavy atom. The highest BCUT2D eigenvalue weighted by Gasteiger charge is 2.13. The first-order valence-electron chi connectivity index (χ1n) is 9.05. The van der Waals surface area contributed by atoms with E-state index in [1.165, 1.54) is 31.2 Å². The molecule has 0 aliphatic heterocycles. The third kappa shape index (κ3) is 6.22. The van der Waals surface area contributed by atoms with E-state index in [2.05, 4.69) is 35.9 Å². The molecule has 0 radical (unpaired) electrons. The van der Waals surface area contributed by atoms with Gasteiger partial charge in [0.05, 0.1) is 4.90 Å². The number of nitrogens with zero attached hydrogens (tertiary/aromatic N) is 3. The minimum atomic E-state index is -3.66. The Balaban J connectivity index is 1.46.